The van der Waals surface area contributed by atoms with E-state index in [9.17, 15) is 4.79 Å². The fourth-order valence-electron chi connectivity index (χ4n) is 1.55. The second-order valence-corrected chi connectivity index (χ2v) is 6.30. The van der Waals surface area contributed by atoms with Gasteiger partial charge in [0, 0.05) is 34.1 Å². The highest BCUT2D eigenvalue weighted by molar-refractivity contribution is 9.10. The number of rotatable bonds is 4. The van der Waals surface area contributed by atoms with Gasteiger partial charge in [0.25, 0.3) is 5.91 Å². The third-order valence-corrected chi connectivity index (χ3v) is 4.84. The molecule has 6 heteroatoms. The minimum absolute atomic E-state index is 0.110. The average molecular weight is 360 g/mol. The number of hydrogen-bond donors (Lipinski definition) is 1. The molecule has 0 fully saturated rings. The van der Waals surface area contributed by atoms with Crippen LogP contribution in [0.25, 0.3) is 0 Å². The Bertz CT molecular complexity index is 574. The number of carbonyl (C=O) groups is 1. The van der Waals surface area contributed by atoms with Crippen molar-refractivity contribution in [1.29, 1.82) is 0 Å². The van der Waals surface area contributed by atoms with Crippen LogP contribution in [0.2, 0.25) is 5.02 Å². The summed E-state index contributed by atoms with van der Waals surface area (Å²) in [4.78, 5) is 16.2. The summed E-state index contributed by atoms with van der Waals surface area (Å²) in [6, 6.07) is 5.12. The minimum Gasteiger partial charge on any atom is -0.351 e. The monoisotopic (exact) mass is 358 g/mol. The highest BCUT2D eigenvalue weighted by Crippen LogP contribution is 2.23. The smallest absolute Gasteiger partial charge is 0.251 e. The van der Waals surface area contributed by atoms with Crippen LogP contribution in [0.3, 0.4) is 0 Å². The summed E-state index contributed by atoms with van der Waals surface area (Å²) in [6.07, 6.45) is 1.77. The molecule has 0 saturated carbocycles. The van der Waals surface area contributed by atoms with Crippen molar-refractivity contribution in [3.8, 4) is 0 Å². The molecule has 2 aromatic rings. The predicted octanol–water partition coefficient (Wildman–Crippen LogP) is 4.09. The number of nitrogens with one attached hydrogen (secondary N) is 1. The van der Waals surface area contributed by atoms with Gasteiger partial charge in [-0.25, -0.2) is 4.98 Å². The van der Waals surface area contributed by atoms with Crippen molar-refractivity contribution in [2.24, 2.45) is 0 Å². The summed E-state index contributed by atoms with van der Waals surface area (Å²) >= 11 is 10.8. The summed E-state index contributed by atoms with van der Waals surface area (Å²) in [5, 5.41) is 6.45. The molecule has 0 spiro atoms. The number of carbonyl (C=O) groups excluding carboxylic acids is 1. The first kappa shape index (κ1) is 14.5. The zero-order valence-electron chi connectivity index (χ0n) is 10.2. The van der Waals surface area contributed by atoms with Gasteiger partial charge in [0.2, 0.25) is 0 Å². The lowest BCUT2D eigenvalue weighted by atomic mass is 10.1. The van der Waals surface area contributed by atoms with Gasteiger partial charge in [-0.05, 0) is 34.1 Å². The van der Waals surface area contributed by atoms with E-state index in [1.807, 2.05) is 12.3 Å². The van der Waals surface area contributed by atoms with Crippen LogP contribution in [0.4, 0.5) is 0 Å². The largest absolute Gasteiger partial charge is 0.351 e. The van der Waals surface area contributed by atoms with E-state index < -0.39 is 0 Å². The molecule has 0 aliphatic carbocycles. The highest BCUT2D eigenvalue weighted by Gasteiger charge is 2.12. The lowest BCUT2D eigenvalue weighted by Crippen LogP contribution is -2.27. The fraction of sp³-hybridized carbons (Fsp3) is 0.231. The topological polar surface area (TPSA) is 42.0 Å². The summed E-state index contributed by atoms with van der Waals surface area (Å²) < 4.78 is 0.717. The van der Waals surface area contributed by atoms with Crippen LogP contribution >= 0.6 is 38.9 Å². The van der Waals surface area contributed by atoms with E-state index in [0.717, 1.165) is 9.48 Å². The molecule has 100 valence electrons. The molecule has 0 bridgehead atoms. The standard InChI is InChI=1S/C13H12BrClN2OS/c1-8(13-16-4-5-19-13)7-17-12(18)9-2-3-11(15)10(14)6-9/h2-6,8H,7H2,1H3,(H,17,18). The molecule has 1 aromatic heterocycles. The second kappa shape index (κ2) is 6.50. The van der Waals surface area contributed by atoms with Crippen molar-refractivity contribution in [3.05, 3.63) is 49.8 Å². The molecule has 2 rings (SSSR count). The number of nitrogens with zero attached hydrogens (tertiary/aromatic N) is 1. The second-order valence-electron chi connectivity index (χ2n) is 4.11. The number of halogens is 2. The van der Waals surface area contributed by atoms with Gasteiger partial charge in [-0.15, -0.1) is 11.3 Å². The molecule has 1 N–H and O–H groups in total. The lowest BCUT2D eigenvalue weighted by Gasteiger charge is -2.10. The maximum atomic E-state index is 12.0. The quantitative estimate of drug-likeness (QED) is 0.893. The van der Waals surface area contributed by atoms with E-state index in [1.54, 1.807) is 35.7 Å². The molecule has 1 atom stereocenters. The van der Waals surface area contributed by atoms with Crippen molar-refractivity contribution < 1.29 is 4.79 Å². The van der Waals surface area contributed by atoms with E-state index in [-0.39, 0.29) is 11.8 Å². The van der Waals surface area contributed by atoms with Gasteiger partial charge < -0.3 is 5.32 Å². The Balaban J connectivity index is 1.96. The maximum absolute atomic E-state index is 12.0. The first-order chi connectivity index (χ1) is 9.08. The van der Waals surface area contributed by atoms with Gasteiger partial charge in [0.1, 0.15) is 0 Å². The van der Waals surface area contributed by atoms with Gasteiger partial charge in [-0.3, -0.25) is 4.79 Å². The molecule has 19 heavy (non-hydrogen) atoms. The molecular formula is C13H12BrClN2OS. The molecule has 1 aromatic carbocycles. The third-order valence-electron chi connectivity index (χ3n) is 2.62. The number of aromatic nitrogens is 1. The van der Waals surface area contributed by atoms with Crippen LogP contribution in [0.5, 0.6) is 0 Å². The molecule has 0 radical (unpaired) electrons. The zero-order chi connectivity index (χ0) is 13.8. The Morgan fingerprint density at radius 2 is 2.37 bits per heavy atom. The summed E-state index contributed by atoms with van der Waals surface area (Å²) in [5.41, 5.74) is 0.586. The average Bonchev–Trinajstić information content (AvgIpc) is 2.92. The third kappa shape index (κ3) is 3.78. The van der Waals surface area contributed by atoms with E-state index in [4.69, 9.17) is 11.6 Å². The first-order valence-corrected chi connectivity index (χ1v) is 7.75. The lowest BCUT2D eigenvalue weighted by molar-refractivity contribution is 0.0951. The molecule has 0 aliphatic rings. The Labute approximate surface area is 129 Å². The zero-order valence-corrected chi connectivity index (χ0v) is 13.3. The number of hydrogen-bond acceptors (Lipinski definition) is 3. The van der Waals surface area contributed by atoms with Crippen LogP contribution in [0.15, 0.2) is 34.2 Å². The minimum atomic E-state index is -0.110. The number of thiazole rings is 1. The first-order valence-electron chi connectivity index (χ1n) is 5.70. The molecule has 1 heterocycles. The molecule has 3 nitrogen and oxygen atoms in total. The van der Waals surface area contributed by atoms with Gasteiger partial charge in [0.05, 0.1) is 10.0 Å². The van der Waals surface area contributed by atoms with E-state index in [1.165, 1.54) is 0 Å². The predicted molar refractivity (Wildman–Crippen MR) is 82.0 cm³/mol. The van der Waals surface area contributed by atoms with E-state index >= 15 is 0 Å². The Morgan fingerprint density at radius 3 is 3.00 bits per heavy atom. The summed E-state index contributed by atoms with van der Waals surface area (Å²) in [7, 11) is 0. The molecule has 0 saturated heterocycles. The van der Waals surface area contributed by atoms with Crippen molar-refractivity contribution >= 4 is 44.8 Å². The molecule has 0 aliphatic heterocycles. The van der Waals surface area contributed by atoms with Gasteiger partial charge in [-0.1, -0.05) is 18.5 Å². The Kier molecular flexibility index (Phi) is 4.96. The van der Waals surface area contributed by atoms with Crippen LogP contribution in [0.1, 0.15) is 28.2 Å². The van der Waals surface area contributed by atoms with Crippen LogP contribution in [-0.2, 0) is 0 Å². The van der Waals surface area contributed by atoms with Gasteiger partial charge in [-0.2, -0.15) is 0 Å². The Morgan fingerprint density at radius 1 is 1.58 bits per heavy atom. The Hall–Kier alpha value is -0.910. The molecule has 1 amide bonds. The molecular weight excluding hydrogens is 348 g/mol. The highest BCUT2D eigenvalue weighted by atomic mass is 79.9. The number of amides is 1. The van der Waals surface area contributed by atoms with Crippen LogP contribution in [0, 0.1) is 0 Å². The van der Waals surface area contributed by atoms with Crippen molar-refractivity contribution in [2.45, 2.75) is 12.8 Å². The van der Waals surface area contributed by atoms with Crippen molar-refractivity contribution in [3.63, 3.8) is 0 Å². The SMILES string of the molecule is CC(CNC(=O)c1ccc(Cl)c(Br)c1)c1nccs1. The van der Waals surface area contributed by atoms with Gasteiger partial charge in [0.15, 0.2) is 0 Å². The van der Waals surface area contributed by atoms with Crippen molar-refractivity contribution in [1.82, 2.24) is 10.3 Å². The summed E-state index contributed by atoms with van der Waals surface area (Å²) in [5.74, 6) is 0.0977. The normalized spacial score (nSPS) is 12.2. The van der Waals surface area contributed by atoms with Crippen LogP contribution < -0.4 is 5.32 Å². The summed E-state index contributed by atoms with van der Waals surface area (Å²) in [6.45, 7) is 2.60. The van der Waals surface area contributed by atoms with Crippen molar-refractivity contribution in [2.75, 3.05) is 6.54 Å². The maximum Gasteiger partial charge on any atom is 0.251 e. The van der Waals surface area contributed by atoms with Gasteiger partial charge >= 0.3 is 0 Å². The fourth-order valence-corrected chi connectivity index (χ4v) is 2.75. The van der Waals surface area contributed by atoms with E-state index in [2.05, 4.69) is 26.2 Å². The molecule has 1 unspecified atom stereocenters. The van der Waals surface area contributed by atoms with Crippen LogP contribution in [-0.4, -0.2) is 17.4 Å². The number of benzene rings is 1. The van der Waals surface area contributed by atoms with E-state index in [0.29, 0.717) is 17.1 Å².